The van der Waals surface area contributed by atoms with E-state index in [1.807, 2.05) is 51.1 Å². The Morgan fingerprint density at radius 3 is 1.22 bits per heavy atom. The minimum atomic E-state index is -0.879. The second kappa shape index (κ2) is 20.5. The Morgan fingerprint density at radius 2 is 0.844 bits per heavy atom. The average molecular weight is 459 g/mol. The van der Waals surface area contributed by atoms with Gasteiger partial charge in [-0.1, -0.05) is 30.3 Å². The van der Waals surface area contributed by atoms with Gasteiger partial charge in [-0.2, -0.15) is 0 Å². The fourth-order valence-electron chi connectivity index (χ4n) is 2.71. The molecule has 0 N–H and O–H groups in total. The van der Waals surface area contributed by atoms with E-state index < -0.39 is 5.79 Å². The van der Waals surface area contributed by atoms with E-state index in [-0.39, 0.29) is 0 Å². The summed E-state index contributed by atoms with van der Waals surface area (Å²) in [5, 5.41) is 0. The van der Waals surface area contributed by atoms with Crippen molar-refractivity contribution < 1.29 is 37.9 Å². The smallest absolute Gasteiger partial charge is 0.192 e. The highest BCUT2D eigenvalue weighted by Crippen LogP contribution is 2.26. The van der Waals surface area contributed by atoms with Crippen LogP contribution in [0.25, 0.3) is 0 Å². The SMILES string of the molecule is CCOCCOCCOCCOC(C)(OCCOCCOCCOCC)c1ccccc1. The molecule has 0 fully saturated rings. The van der Waals surface area contributed by atoms with Gasteiger partial charge in [0.1, 0.15) is 0 Å². The lowest BCUT2D eigenvalue weighted by atomic mass is 10.1. The lowest BCUT2D eigenvalue weighted by molar-refractivity contribution is -0.244. The number of rotatable bonds is 23. The zero-order chi connectivity index (χ0) is 23.2. The van der Waals surface area contributed by atoms with E-state index >= 15 is 0 Å². The monoisotopic (exact) mass is 458 g/mol. The summed E-state index contributed by atoms with van der Waals surface area (Å²) in [7, 11) is 0. The normalized spacial score (nSPS) is 11.8. The van der Waals surface area contributed by atoms with Crippen LogP contribution in [-0.4, -0.2) is 92.5 Å². The maximum absolute atomic E-state index is 6.06. The van der Waals surface area contributed by atoms with E-state index in [1.165, 1.54) is 0 Å². The molecule has 8 nitrogen and oxygen atoms in total. The van der Waals surface area contributed by atoms with Crippen molar-refractivity contribution in [3.05, 3.63) is 35.9 Å². The number of benzene rings is 1. The Balaban J connectivity index is 2.21. The first-order valence-electron chi connectivity index (χ1n) is 11.5. The van der Waals surface area contributed by atoms with Crippen molar-refractivity contribution in [2.24, 2.45) is 0 Å². The maximum Gasteiger partial charge on any atom is 0.192 e. The molecule has 0 amide bonds. The summed E-state index contributed by atoms with van der Waals surface area (Å²) in [5.74, 6) is -0.879. The molecule has 0 heterocycles. The van der Waals surface area contributed by atoms with Gasteiger partial charge < -0.3 is 37.9 Å². The van der Waals surface area contributed by atoms with Crippen LogP contribution in [0, 0.1) is 0 Å². The van der Waals surface area contributed by atoms with Crippen molar-refractivity contribution >= 4 is 0 Å². The minimum Gasteiger partial charge on any atom is -0.379 e. The highest BCUT2D eigenvalue weighted by Gasteiger charge is 2.28. The third-order valence-electron chi connectivity index (χ3n) is 4.40. The van der Waals surface area contributed by atoms with Gasteiger partial charge in [-0.15, -0.1) is 0 Å². The van der Waals surface area contributed by atoms with Gasteiger partial charge in [0.05, 0.1) is 79.3 Å². The first-order chi connectivity index (χ1) is 15.7. The first kappa shape index (κ1) is 28.9. The molecule has 0 saturated carbocycles. The molecule has 0 atom stereocenters. The number of hydrogen-bond donors (Lipinski definition) is 0. The van der Waals surface area contributed by atoms with Crippen molar-refractivity contribution in [1.82, 2.24) is 0 Å². The molecule has 0 aliphatic rings. The van der Waals surface area contributed by atoms with Gasteiger partial charge in [-0.3, -0.25) is 0 Å². The van der Waals surface area contributed by atoms with Crippen LogP contribution in [0.1, 0.15) is 26.3 Å². The van der Waals surface area contributed by atoms with Crippen LogP contribution < -0.4 is 0 Å². The molecule has 0 saturated heterocycles. The molecule has 0 aliphatic heterocycles. The van der Waals surface area contributed by atoms with Crippen LogP contribution in [-0.2, 0) is 43.7 Å². The summed E-state index contributed by atoms with van der Waals surface area (Å²) < 4.78 is 44.6. The molecule has 32 heavy (non-hydrogen) atoms. The second-order valence-corrected chi connectivity index (χ2v) is 6.85. The molecule has 0 unspecified atom stereocenters. The molecule has 0 spiro atoms. The highest BCUT2D eigenvalue weighted by atomic mass is 16.7. The van der Waals surface area contributed by atoms with E-state index in [4.69, 9.17) is 37.9 Å². The molecule has 1 aromatic rings. The summed E-state index contributed by atoms with van der Waals surface area (Å²) in [6.45, 7) is 13.4. The summed E-state index contributed by atoms with van der Waals surface area (Å²) >= 11 is 0. The topological polar surface area (TPSA) is 73.8 Å². The standard InChI is InChI=1S/C24H42O8/c1-4-25-11-13-27-15-17-29-19-21-31-24(3,23-9-7-6-8-10-23)32-22-20-30-18-16-28-14-12-26-5-2/h6-10H,4-5,11-22H2,1-3H3. The highest BCUT2D eigenvalue weighted by molar-refractivity contribution is 5.19. The molecular weight excluding hydrogens is 416 g/mol. The van der Waals surface area contributed by atoms with Crippen molar-refractivity contribution in [3.8, 4) is 0 Å². The fourth-order valence-corrected chi connectivity index (χ4v) is 2.71. The largest absolute Gasteiger partial charge is 0.379 e. The van der Waals surface area contributed by atoms with E-state index in [2.05, 4.69) is 0 Å². The third-order valence-corrected chi connectivity index (χ3v) is 4.40. The van der Waals surface area contributed by atoms with Crippen molar-refractivity contribution in [2.45, 2.75) is 26.6 Å². The molecule has 186 valence electrons. The van der Waals surface area contributed by atoms with Crippen LogP contribution in [0.4, 0.5) is 0 Å². The Labute approximate surface area is 193 Å². The Bertz CT molecular complexity index is 490. The molecule has 8 heteroatoms. The van der Waals surface area contributed by atoms with Crippen LogP contribution in [0.3, 0.4) is 0 Å². The number of ether oxygens (including phenoxy) is 8. The van der Waals surface area contributed by atoms with Crippen molar-refractivity contribution in [1.29, 1.82) is 0 Å². The summed E-state index contributed by atoms with van der Waals surface area (Å²) in [6, 6.07) is 9.87. The van der Waals surface area contributed by atoms with Crippen LogP contribution in [0.2, 0.25) is 0 Å². The molecule has 0 aliphatic carbocycles. The quantitative estimate of drug-likeness (QED) is 0.183. The molecule has 0 radical (unpaired) electrons. The van der Waals surface area contributed by atoms with E-state index in [1.54, 1.807) is 0 Å². The first-order valence-corrected chi connectivity index (χ1v) is 11.5. The van der Waals surface area contributed by atoms with Gasteiger partial charge in [-0.05, 0) is 20.8 Å². The van der Waals surface area contributed by atoms with Crippen molar-refractivity contribution in [3.63, 3.8) is 0 Å². The fraction of sp³-hybridized carbons (Fsp3) is 0.750. The van der Waals surface area contributed by atoms with Gasteiger partial charge >= 0.3 is 0 Å². The van der Waals surface area contributed by atoms with Crippen molar-refractivity contribution in [2.75, 3.05) is 92.5 Å². The van der Waals surface area contributed by atoms with E-state index in [9.17, 15) is 0 Å². The van der Waals surface area contributed by atoms with Gasteiger partial charge in [-0.25, -0.2) is 0 Å². The molecule has 0 aromatic heterocycles. The lowest BCUT2D eigenvalue weighted by Crippen LogP contribution is -2.32. The van der Waals surface area contributed by atoms with E-state index in [0.29, 0.717) is 92.5 Å². The Hall–Kier alpha value is -1.10. The molecule has 1 aromatic carbocycles. The van der Waals surface area contributed by atoms with Gasteiger partial charge in [0.2, 0.25) is 0 Å². The second-order valence-electron chi connectivity index (χ2n) is 6.85. The van der Waals surface area contributed by atoms with Crippen LogP contribution in [0.5, 0.6) is 0 Å². The predicted molar refractivity (Wildman–Crippen MR) is 122 cm³/mol. The average Bonchev–Trinajstić information content (AvgIpc) is 2.82. The van der Waals surface area contributed by atoms with Gasteiger partial charge in [0.15, 0.2) is 5.79 Å². The number of hydrogen-bond acceptors (Lipinski definition) is 8. The summed E-state index contributed by atoms with van der Waals surface area (Å²) in [4.78, 5) is 0. The molecule has 0 bridgehead atoms. The van der Waals surface area contributed by atoms with E-state index in [0.717, 1.165) is 5.56 Å². The Morgan fingerprint density at radius 1 is 0.500 bits per heavy atom. The molecule has 1 rings (SSSR count). The Kier molecular flexibility index (Phi) is 18.5. The van der Waals surface area contributed by atoms with Crippen LogP contribution in [0.15, 0.2) is 30.3 Å². The zero-order valence-corrected chi connectivity index (χ0v) is 20.1. The predicted octanol–water partition coefficient (Wildman–Crippen LogP) is 3.03. The summed E-state index contributed by atoms with van der Waals surface area (Å²) in [6.07, 6.45) is 0. The van der Waals surface area contributed by atoms with Gasteiger partial charge in [0, 0.05) is 18.8 Å². The third kappa shape index (κ3) is 14.9. The zero-order valence-electron chi connectivity index (χ0n) is 20.1. The van der Waals surface area contributed by atoms with Crippen LogP contribution >= 0.6 is 0 Å². The lowest BCUT2D eigenvalue weighted by Gasteiger charge is -2.30. The molecular formula is C24H42O8. The summed E-state index contributed by atoms with van der Waals surface area (Å²) in [5.41, 5.74) is 0.943. The van der Waals surface area contributed by atoms with Gasteiger partial charge in [0.25, 0.3) is 0 Å². The maximum atomic E-state index is 6.06. The minimum absolute atomic E-state index is 0.402.